The SMILES string of the molecule is C[C@@H]1S[C@@H](c2ccc(F)cc2)NC1=O. The molecule has 0 unspecified atom stereocenters. The van der Waals surface area contributed by atoms with E-state index in [1.165, 1.54) is 12.1 Å². The van der Waals surface area contributed by atoms with E-state index in [9.17, 15) is 9.18 Å². The Labute approximate surface area is 85.9 Å². The number of amides is 1. The molecule has 0 aromatic heterocycles. The highest BCUT2D eigenvalue weighted by Gasteiger charge is 2.29. The van der Waals surface area contributed by atoms with Gasteiger partial charge in [0.2, 0.25) is 5.91 Å². The lowest BCUT2D eigenvalue weighted by Gasteiger charge is -2.08. The Hall–Kier alpha value is -1.03. The summed E-state index contributed by atoms with van der Waals surface area (Å²) < 4.78 is 12.6. The monoisotopic (exact) mass is 211 g/mol. The molecule has 1 amide bonds. The van der Waals surface area contributed by atoms with Gasteiger partial charge in [-0.05, 0) is 24.6 Å². The molecule has 14 heavy (non-hydrogen) atoms. The van der Waals surface area contributed by atoms with Crippen LogP contribution in [-0.2, 0) is 4.79 Å². The lowest BCUT2D eigenvalue weighted by atomic mass is 10.2. The van der Waals surface area contributed by atoms with Crippen LogP contribution in [0.4, 0.5) is 4.39 Å². The molecule has 2 atom stereocenters. The van der Waals surface area contributed by atoms with Crippen molar-refractivity contribution in [2.24, 2.45) is 0 Å². The molecule has 2 rings (SSSR count). The zero-order chi connectivity index (χ0) is 10.1. The highest BCUT2D eigenvalue weighted by atomic mass is 32.2. The predicted octanol–water partition coefficient (Wildman–Crippen LogP) is 2.08. The Balaban J connectivity index is 2.17. The van der Waals surface area contributed by atoms with Gasteiger partial charge in [-0.25, -0.2) is 4.39 Å². The smallest absolute Gasteiger partial charge is 0.234 e. The van der Waals surface area contributed by atoms with Crippen LogP contribution in [0.25, 0.3) is 0 Å². The highest BCUT2D eigenvalue weighted by molar-refractivity contribution is 8.01. The van der Waals surface area contributed by atoms with Gasteiger partial charge in [0.25, 0.3) is 0 Å². The molecule has 0 radical (unpaired) electrons. The molecular formula is C10H10FNOS. The predicted molar refractivity (Wildman–Crippen MR) is 54.3 cm³/mol. The van der Waals surface area contributed by atoms with Gasteiger partial charge in [0.15, 0.2) is 0 Å². The number of benzene rings is 1. The Bertz CT molecular complexity index is 352. The first-order valence-electron chi connectivity index (χ1n) is 4.38. The number of carbonyl (C=O) groups excluding carboxylic acids is 1. The van der Waals surface area contributed by atoms with Crippen LogP contribution >= 0.6 is 11.8 Å². The van der Waals surface area contributed by atoms with Crippen molar-refractivity contribution in [1.82, 2.24) is 5.32 Å². The second-order valence-corrected chi connectivity index (χ2v) is 4.67. The largest absolute Gasteiger partial charge is 0.339 e. The lowest BCUT2D eigenvalue weighted by Crippen LogP contribution is -2.22. The second kappa shape index (κ2) is 3.61. The van der Waals surface area contributed by atoms with E-state index in [1.54, 1.807) is 23.9 Å². The van der Waals surface area contributed by atoms with Crippen LogP contribution in [0.15, 0.2) is 24.3 Å². The molecule has 1 aromatic carbocycles. The zero-order valence-corrected chi connectivity index (χ0v) is 8.48. The van der Waals surface area contributed by atoms with Crippen molar-refractivity contribution in [3.05, 3.63) is 35.6 Å². The average Bonchev–Trinajstić information content (AvgIpc) is 2.48. The van der Waals surface area contributed by atoms with E-state index < -0.39 is 0 Å². The fourth-order valence-electron chi connectivity index (χ4n) is 1.35. The normalized spacial score (nSPS) is 26.3. The van der Waals surface area contributed by atoms with Crippen molar-refractivity contribution in [1.29, 1.82) is 0 Å². The first kappa shape index (κ1) is 9.52. The molecular weight excluding hydrogens is 201 g/mol. The van der Waals surface area contributed by atoms with E-state index in [1.807, 2.05) is 6.92 Å². The third-order valence-electron chi connectivity index (χ3n) is 2.16. The molecule has 0 bridgehead atoms. The van der Waals surface area contributed by atoms with E-state index >= 15 is 0 Å². The summed E-state index contributed by atoms with van der Waals surface area (Å²) in [6, 6.07) is 6.21. The van der Waals surface area contributed by atoms with E-state index in [0.717, 1.165) is 5.56 Å². The van der Waals surface area contributed by atoms with Crippen LogP contribution in [0.2, 0.25) is 0 Å². The summed E-state index contributed by atoms with van der Waals surface area (Å²) >= 11 is 1.55. The van der Waals surface area contributed by atoms with Crippen LogP contribution < -0.4 is 5.32 Å². The molecule has 74 valence electrons. The van der Waals surface area contributed by atoms with E-state index in [-0.39, 0.29) is 22.3 Å². The number of nitrogens with one attached hydrogen (secondary N) is 1. The van der Waals surface area contributed by atoms with Gasteiger partial charge >= 0.3 is 0 Å². The number of carbonyl (C=O) groups is 1. The van der Waals surface area contributed by atoms with Gasteiger partial charge in [-0.1, -0.05) is 12.1 Å². The average molecular weight is 211 g/mol. The number of thioether (sulfide) groups is 1. The summed E-state index contributed by atoms with van der Waals surface area (Å²) in [5.74, 6) is -0.208. The minimum Gasteiger partial charge on any atom is -0.339 e. The molecule has 1 aromatic rings. The number of hydrogen-bond acceptors (Lipinski definition) is 2. The van der Waals surface area contributed by atoms with Crippen LogP contribution in [-0.4, -0.2) is 11.2 Å². The number of rotatable bonds is 1. The standard InChI is InChI=1S/C10H10FNOS/c1-6-9(13)12-10(14-6)7-2-4-8(11)5-3-7/h2-6,10H,1H3,(H,12,13)/t6-,10-/m0/s1. The third kappa shape index (κ3) is 1.75. The van der Waals surface area contributed by atoms with Gasteiger partial charge in [-0.2, -0.15) is 0 Å². The molecule has 1 N–H and O–H groups in total. The highest BCUT2D eigenvalue weighted by Crippen LogP contribution is 2.35. The lowest BCUT2D eigenvalue weighted by molar-refractivity contribution is -0.119. The minimum atomic E-state index is -0.254. The summed E-state index contributed by atoms with van der Waals surface area (Å²) in [7, 11) is 0. The van der Waals surface area contributed by atoms with Crippen molar-refractivity contribution >= 4 is 17.7 Å². The van der Waals surface area contributed by atoms with Crippen LogP contribution in [0.3, 0.4) is 0 Å². The van der Waals surface area contributed by atoms with Crippen molar-refractivity contribution < 1.29 is 9.18 Å². The Morgan fingerprint density at radius 2 is 2.00 bits per heavy atom. The summed E-state index contributed by atoms with van der Waals surface area (Å²) in [4.78, 5) is 11.2. The fraction of sp³-hybridized carbons (Fsp3) is 0.300. The van der Waals surface area contributed by atoms with E-state index in [2.05, 4.69) is 5.32 Å². The zero-order valence-electron chi connectivity index (χ0n) is 7.66. The van der Waals surface area contributed by atoms with Gasteiger partial charge in [0.05, 0.1) is 5.25 Å². The molecule has 1 aliphatic heterocycles. The molecule has 1 aliphatic rings. The van der Waals surface area contributed by atoms with Crippen molar-refractivity contribution in [3.63, 3.8) is 0 Å². The maximum atomic E-state index is 12.6. The Morgan fingerprint density at radius 3 is 2.50 bits per heavy atom. The molecule has 0 saturated carbocycles. The van der Waals surface area contributed by atoms with Gasteiger partial charge < -0.3 is 5.32 Å². The molecule has 0 aliphatic carbocycles. The number of halogens is 1. The van der Waals surface area contributed by atoms with Gasteiger partial charge in [-0.3, -0.25) is 4.79 Å². The van der Waals surface area contributed by atoms with Gasteiger partial charge in [-0.15, -0.1) is 11.8 Å². The van der Waals surface area contributed by atoms with Gasteiger partial charge in [0, 0.05) is 0 Å². The van der Waals surface area contributed by atoms with Crippen LogP contribution in [0.5, 0.6) is 0 Å². The van der Waals surface area contributed by atoms with Crippen molar-refractivity contribution in [3.8, 4) is 0 Å². The third-order valence-corrected chi connectivity index (χ3v) is 3.44. The number of hydrogen-bond donors (Lipinski definition) is 1. The van der Waals surface area contributed by atoms with E-state index in [4.69, 9.17) is 0 Å². The van der Waals surface area contributed by atoms with Gasteiger partial charge in [0.1, 0.15) is 11.2 Å². The molecule has 1 fully saturated rings. The Morgan fingerprint density at radius 1 is 1.36 bits per heavy atom. The van der Waals surface area contributed by atoms with E-state index in [0.29, 0.717) is 0 Å². The minimum absolute atomic E-state index is 0.0231. The summed E-state index contributed by atoms with van der Waals surface area (Å²) in [5.41, 5.74) is 0.939. The maximum absolute atomic E-state index is 12.6. The molecule has 1 saturated heterocycles. The maximum Gasteiger partial charge on any atom is 0.234 e. The molecule has 1 heterocycles. The van der Waals surface area contributed by atoms with Crippen molar-refractivity contribution in [2.45, 2.75) is 17.5 Å². The topological polar surface area (TPSA) is 29.1 Å². The van der Waals surface area contributed by atoms with Crippen molar-refractivity contribution in [2.75, 3.05) is 0 Å². The summed E-state index contributed by atoms with van der Waals surface area (Å²) in [6.07, 6.45) is 0. The molecule has 4 heteroatoms. The summed E-state index contributed by atoms with van der Waals surface area (Å²) in [5, 5.41) is 2.79. The fourth-order valence-corrected chi connectivity index (χ4v) is 2.44. The first-order valence-corrected chi connectivity index (χ1v) is 5.32. The molecule has 2 nitrogen and oxygen atoms in total. The Kier molecular flexibility index (Phi) is 2.46. The van der Waals surface area contributed by atoms with Crippen LogP contribution in [0, 0.1) is 5.82 Å². The van der Waals surface area contributed by atoms with Crippen LogP contribution in [0.1, 0.15) is 17.9 Å². The summed E-state index contributed by atoms with van der Waals surface area (Å²) in [6.45, 7) is 1.86. The molecule has 0 spiro atoms. The second-order valence-electron chi connectivity index (χ2n) is 3.22. The quantitative estimate of drug-likeness (QED) is 0.770. The first-order chi connectivity index (χ1) is 6.66.